The molecular weight excluding hydrogens is 219 g/mol. The zero-order chi connectivity index (χ0) is 11.8. The maximum Gasteiger partial charge on any atom is 0.124 e. The molecule has 1 N–H and O–H groups in total. The first-order valence-electron chi connectivity index (χ1n) is 5.17. The molecule has 3 rings (SSSR count). The topological polar surface area (TPSA) is 38.0 Å². The van der Waals surface area contributed by atoms with Crippen molar-refractivity contribution in [3.8, 4) is 11.4 Å². The van der Waals surface area contributed by atoms with Crippen molar-refractivity contribution in [3.05, 3.63) is 54.5 Å². The molecule has 1 aromatic heterocycles. The average molecular weight is 228 g/mol. The SMILES string of the molecule is Oc1ccc(-n2ncc3cc(F)ccc32)cc1. The van der Waals surface area contributed by atoms with Crippen LogP contribution in [0, 0.1) is 5.82 Å². The quantitative estimate of drug-likeness (QED) is 0.695. The van der Waals surface area contributed by atoms with Crippen molar-refractivity contribution < 1.29 is 9.50 Å². The summed E-state index contributed by atoms with van der Waals surface area (Å²) in [5.41, 5.74) is 1.65. The summed E-state index contributed by atoms with van der Waals surface area (Å²) < 4.78 is 14.7. The summed E-state index contributed by atoms with van der Waals surface area (Å²) in [5.74, 6) is -0.0704. The summed E-state index contributed by atoms with van der Waals surface area (Å²) >= 11 is 0. The average Bonchev–Trinajstić information content (AvgIpc) is 2.73. The van der Waals surface area contributed by atoms with E-state index in [1.807, 2.05) is 0 Å². The summed E-state index contributed by atoms with van der Waals surface area (Å²) in [6, 6.07) is 11.2. The van der Waals surface area contributed by atoms with Gasteiger partial charge in [-0.2, -0.15) is 5.10 Å². The minimum Gasteiger partial charge on any atom is -0.508 e. The van der Waals surface area contributed by atoms with Crippen LogP contribution in [0.25, 0.3) is 16.6 Å². The first kappa shape index (κ1) is 9.84. The van der Waals surface area contributed by atoms with E-state index in [0.717, 1.165) is 16.6 Å². The lowest BCUT2D eigenvalue weighted by molar-refractivity contribution is 0.475. The number of rotatable bonds is 1. The third-order valence-corrected chi connectivity index (χ3v) is 2.62. The number of phenols is 1. The molecule has 0 aliphatic rings. The van der Waals surface area contributed by atoms with E-state index in [-0.39, 0.29) is 11.6 Å². The van der Waals surface area contributed by atoms with E-state index in [0.29, 0.717) is 0 Å². The predicted molar refractivity (Wildman–Crippen MR) is 62.7 cm³/mol. The second-order valence-electron chi connectivity index (χ2n) is 3.78. The summed E-state index contributed by atoms with van der Waals surface area (Å²) in [7, 11) is 0. The molecule has 0 atom stereocenters. The zero-order valence-corrected chi connectivity index (χ0v) is 8.84. The lowest BCUT2D eigenvalue weighted by Crippen LogP contribution is -1.95. The Labute approximate surface area is 96.7 Å². The predicted octanol–water partition coefficient (Wildman–Crippen LogP) is 2.87. The van der Waals surface area contributed by atoms with Gasteiger partial charge in [0, 0.05) is 5.39 Å². The van der Waals surface area contributed by atoms with Crippen LogP contribution in [0.2, 0.25) is 0 Å². The van der Waals surface area contributed by atoms with Crippen LogP contribution in [0.15, 0.2) is 48.7 Å². The standard InChI is InChI=1S/C13H9FN2O/c14-10-1-6-13-9(7-10)8-15-16(13)11-2-4-12(17)5-3-11/h1-8,17H. The summed E-state index contributed by atoms with van der Waals surface area (Å²) in [4.78, 5) is 0. The molecule has 17 heavy (non-hydrogen) atoms. The molecule has 0 radical (unpaired) electrons. The third kappa shape index (κ3) is 1.63. The fourth-order valence-electron chi connectivity index (χ4n) is 1.80. The third-order valence-electron chi connectivity index (χ3n) is 2.62. The number of aromatic nitrogens is 2. The molecule has 0 bridgehead atoms. The Kier molecular flexibility index (Phi) is 2.08. The highest BCUT2D eigenvalue weighted by Gasteiger charge is 2.05. The van der Waals surface area contributed by atoms with Gasteiger partial charge >= 0.3 is 0 Å². The van der Waals surface area contributed by atoms with E-state index in [4.69, 9.17) is 0 Å². The van der Waals surface area contributed by atoms with E-state index in [1.54, 1.807) is 41.2 Å². The van der Waals surface area contributed by atoms with Gasteiger partial charge in [-0.3, -0.25) is 0 Å². The Hall–Kier alpha value is -2.36. The molecule has 1 heterocycles. The fourth-order valence-corrected chi connectivity index (χ4v) is 1.80. The summed E-state index contributed by atoms with van der Waals surface area (Å²) in [6.45, 7) is 0. The van der Waals surface area contributed by atoms with Crippen molar-refractivity contribution in [2.45, 2.75) is 0 Å². The molecule has 0 aliphatic carbocycles. The van der Waals surface area contributed by atoms with E-state index in [2.05, 4.69) is 5.10 Å². The van der Waals surface area contributed by atoms with Crippen LogP contribution in [0.4, 0.5) is 4.39 Å². The second kappa shape index (κ2) is 3.59. The molecule has 2 aromatic carbocycles. The molecule has 0 saturated carbocycles. The van der Waals surface area contributed by atoms with E-state index in [1.165, 1.54) is 12.1 Å². The Morgan fingerprint density at radius 3 is 2.59 bits per heavy atom. The van der Waals surface area contributed by atoms with Crippen molar-refractivity contribution in [1.29, 1.82) is 0 Å². The molecule has 3 nitrogen and oxygen atoms in total. The number of hydrogen-bond acceptors (Lipinski definition) is 2. The molecule has 3 aromatic rings. The van der Waals surface area contributed by atoms with E-state index in [9.17, 15) is 9.50 Å². The second-order valence-corrected chi connectivity index (χ2v) is 3.78. The lowest BCUT2D eigenvalue weighted by atomic mass is 10.2. The van der Waals surface area contributed by atoms with Crippen LogP contribution in [-0.2, 0) is 0 Å². The molecule has 84 valence electrons. The van der Waals surface area contributed by atoms with Crippen LogP contribution < -0.4 is 0 Å². The summed E-state index contributed by atoms with van der Waals surface area (Å²) in [6.07, 6.45) is 1.62. The van der Waals surface area contributed by atoms with Crippen LogP contribution in [0.3, 0.4) is 0 Å². The molecular formula is C13H9FN2O. The van der Waals surface area contributed by atoms with Crippen molar-refractivity contribution in [1.82, 2.24) is 9.78 Å². The Bertz CT molecular complexity index is 673. The number of hydrogen-bond donors (Lipinski definition) is 1. The van der Waals surface area contributed by atoms with E-state index < -0.39 is 0 Å². The van der Waals surface area contributed by atoms with Gasteiger partial charge in [0.1, 0.15) is 11.6 Å². The van der Waals surface area contributed by atoms with Gasteiger partial charge in [0.05, 0.1) is 17.4 Å². The fraction of sp³-hybridized carbons (Fsp3) is 0. The smallest absolute Gasteiger partial charge is 0.124 e. The van der Waals surface area contributed by atoms with Gasteiger partial charge in [-0.25, -0.2) is 9.07 Å². The first-order valence-corrected chi connectivity index (χ1v) is 5.17. The Morgan fingerprint density at radius 2 is 1.82 bits per heavy atom. The highest BCUT2D eigenvalue weighted by molar-refractivity contribution is 5.80. The highest BCUT2D eigenvalue weighted by Crippen LogP contribution is 2.20. The van der Waals surface area contributed by atoms with Gasteiger partial charge in [0.25, 0.3) is 0 Å². The van der Waals surface area contributed by atoms with E-state index >= 15 is 0 Å². The van der Waals surface area contributed by atoms with Crippen LogP contribution in [0.1, 0.15) is 0 Å². The maximum atomic E-state index is 13.0. The molecule has 4 heteroatoms. The van der Waals surface area contributed by atoms with Crippen molar-refractivity contribution in [2.75, 3.05) is 0 Å². The van der Waals surface area contributed by atoms with Crippen molar-refractivity contribution in [2.24, 2.45) is 0 Å². The highest BCUT2D eigenvalue weighted by atomic mass is 19.1. The minimum absolute atomic E-state index is 0.205. The van der Waals surface area contributed by atoms with Gasteiger partial charge in [-0.15, -0.1) is 0 Å². The molecule has 0 spiro atoms. The van der Waals surface area contributed by atoms with Crippen LogP contribution in [-0.4, -0.2) is 14.9 Å². The number of aromatic hydroxyl groups is 1. The normalized spacial score (nSPS) is 10.9. The van der Waals surface area contributed by atoms with Gasteiger partial charge in [0.2, 0.25) is 0 Å². The number of benzene rings is 2. The zero-order valence-electron chi connectivity index (χ0n) is 8.84. The Morgan fingerprint density at radius 1 is 1.06 bits per heavy atom. The minimum atomic E-state index is -0.275. The molecule has 0 unspecified atom stereocenters. The number of fused-ring (bicyclic) bond motifs is 1. The van der Waals surface area contributed by atoms with Gasteiger partial charge in [0.15, 0.2) is 0 Å². The Balaban J connectivity index is 2.21. The molecule has 0 saturated heterocycles. The van der Waals surface area contributed by atoms with Crippen molar-refractivity contribution in [3.63, 3.8) is 0 Å². The number of nitrogens with zero attached hydrogens (tertiary/aromatic N) is 2. The molecule has 0 aliphatic heterocycles. The number of phenolic OH excluding ortho intramolecular Hbond substituents is 1. The van der Waals surface area contributed by atoms with Crippen molar-refractivity contribution >= 4 is 10.9 Å². The number of halogens is 1. The monoisotopic (exact) mass is 228 g/mol. The largest absolute Gasteiger partial charge is 0.508 e. The molecule has 0 amide bonds. The van der Waals surface area contributed by atoms with Crippen LogP contribution >= 0.6 is 0 Å². The molecule has 0 fully saturated rings. The first-order chi connectivity index (χ1) is 8.24. The van der Waals surface area contributed by atoms with Crippen LogP contribution in [0.5, 0.6) is 5.75 Å². The van der Waals surface area contributed by atoms with Gasteiger partial charge in [-0.05, 0) is 42.5 Å². The van der Waals surface area contributed by atoms with Gasteiger partial charge in [-0.1, -0.05) is 0 Å². The van der Waals surface area contributed by atoms with Gasteiger partial charge < -0.3 is 5.11 Å². The maximum absolute atomic E-state index is 13.0. The summed E-state index contributed by atoms with van der Waals surface area (Å²) in [5, 5.41) is 14.2. The lowest BCUT2D eigenvalue weighted by Gasteiger charge is -2.03.